The molecule has 0 saturated carbocycles. The van der Waals surface area contributed by atoms with Gasteiger partial charge in [0.15, 0.2) is 0 Å². The third-order valence-corrected chi connectivity index (χ3v) is 3.82. The van der Waals surface area contributed by atoms with Crippen LogP contribution in [0.2, 0.25) is 0 Å². The van der Waals surface area contributed by atoms with Crippen LogP contribution in [0.5, 0.6) is 0 Å². The Labute approximate surface area is 154 Å². The molecule has 5 nitrogen and oxygen atoms in total. The number of rotatable bonds is 6. The average Bonchev–Trinajstić information content (AvgIpc) is 2.54. The summed E-state index contributed by atoms with van der Waals surface area (Å²) in [5.41, 5.74) is 1.20. The summed E-state index contributed by atoms with van der Waals surface area (Å²) in [6.45, 7) is 5.31. The van der Waals surface area contributed by atoms with Crippen LogP contribution in [0.25, 0.3) is 0 Å². The van der Waals surface area contributed by atoms with Gasteiger partial charge in [-0.2, -0.15) is 0 Å². The molecule has 1 atom stereocenters. The second-order valence-corrected chi connectivity index (χ2v) is 7.15. The van der Waals surface area contributed by atoms with Crippen LogP contribution in [0.3, 0.4) is 0 Å². The molecule has 1 amide bonds. The number of nitrogens with one attached hydrogen (secondary N) is 1. The number of carbonyl (C=O) groups excluding carboxylic acids is 1. The summed E-state index contributed by atoms with van der Waals surface area (Å²) in [4.78, 5) is 23.7. The third-order valence-electron chi connectivity index (χ3n) is 3.82. The number of carboxylic acid groups (broad SMARTS) is 1. The van der Waals surface area contributed by atoms with E-state index in [4.69, 9.17) is 4.74 Å². The van der Waals surface area contributed by atoms with E-state index in [9.17, 15) is 14.7 Å². The molecule has 0 aliphatic rings. The van der Waals surface area contributed by atoms with Gasteiger partial charge < -0.3 is 15.2 Å². The van der Waals surface area contributed by atoms with Crippen LogP contribution in [0.1, 0.15) is 44.2 Å². The molecule has 0 saturated heterocycles. The fourth-order valence-electron chi connectivity index (χ4n) is 2.88. The fourth-order valence-corrected chi connectivity index (χ4v) is 2.88. The van der Waals surface area contributed by atoms with E-state index in [1.165, 1.54) is 0 Å². The quantitative estimate of drug-likeness (QED) is 0.815. The van der Waals surface area contributed by atoms with Gasteiger partial charge >= 0.3 is 12.1 Å². The zero-order valence-electron chi connectivity index (χ0n) is 15.3. The highest BCUT2D eigenvalue weighted by Crippen LogP contribution is 2.30. The lowest BCUT2D eigenvalue weighted by Gasteiger charge is -2.29. The molecule has 0 unspecified atom stereocenters. The summed E-state index contributed by atoms with van der Waals surface area (Å²) in [6.07, 6.45) is -0.839. The Balaban J connectivity index is 2.38. The van der Waals surface area contributed by atoms with E-state index in [0.29, 0.717) is 0 Å². The molecule has 2 rings (SSSR count). The zero-order chi connectivity index (χ0) is 19.2. The van der Waals surface area contributed by atoms with Crippen molar-refractivity contribution in [1.29, 1.82) is 0 Å². The molecule has 26 heavy (non-hydrogen) atoms. The number of carboxylic acids is 1. The number of amides is 1. The van der Waals surface area contributed by atoms with Gasteiger partial charge in [-0.25, -0.2) is 4.79 Å². The first-order valence-electron chi connectivity index (χ1n) is 8.57. The van der Waals surface area contributed by atoms with Crippen molar-refractivity contribution in [2.75, 3.05) is 0 Å². The molecule has 0 aliphatic heterocycles. The highest BCUT2D eigenvalue weighted by Gasteiger charge is 2.30. The summed E-state index contributed by atoms with van der Waals surface area (Å²) in [6, 6.07) is 18.5. The first-order valence-corrected chi connectivity index (χ1v) is 8.57. The van der Waals surface area contributed by atoms with E-state index in [2.05, 4.69) is 5.32 Å². The first kappa shape index (κ1) is 19.5. The van der Waals surface area contributed by atoms with Crippen molar-refractivity contribution in [2.24, 2.45) is 0 Å². The molecule has 0 aliphatic carbocycles. The SMILES string of the molecule is CC(C)(C)OC(=O)N[C@@H](CC(=O)O)C(c1ccccc1)c1ccccc1. The molecular weight excluding hydrogens is 330 g/mol. The predicted molar refractivity (Wildman–Crippen MR) is 100 cm³/mol. The second kappa shape index (κ2) is 8.52. The fraction of sp³-hybridized carbons (Fsp3) is 0.333. The van der Waals surface area contributed by atoms with E-state index < -0.39 is 23.7 Å². The minimum absolute atomic E-state index is 0.215. The molecule has 2 N–H and O–H groups in total. The lowest BCUT2D eigenvalue weighted by molar-refractivity contribution is -0.137. The summed E-state index contributed by atoms with van der Waals surface area (Å²) in [5.74, 6) is -1.29. The molecular formula is C21H25NO4. The second-order valence-electron chi connectivity index (χ2n) is 7.15. The molecule has 138 valence electrons. The number of alkyl carbamates (subject to hydrolysis) is 1. The molecule has 2 aromatic carbocycles. The van der Waals surface area contributed by atoms with E-state index in [-0.39, 0.29) is 12.3 Å². The zero-order valence-corrected chi connectivity index (χ0v) is 15.3. The van der Waals surface area contributed by atoms with Gasteiger partial charge in [0.1, 0.15) is 5.60 Å². The normalized spacial score (nSPS) is 12.5. The summed E-state index contributed by atoms with van der Waals surface area (Å²) >= 11 is 0. The van der Waals surface area contributed by atoms with E-state index in [1.807, 2.05) is 60.7 Å². The van der Waals surface area contributed by atoms with E-state index in [0.717, 1.165) is 11.1 Å². The van der Waals surface area contributed by atoms with Crippen LogP contribution in [0.4, 0.5) is 4.79 Å². The van der Waals surface area contributed by atoms with Crippen molar-refractivity contribution < 1.29 is 19.4 Å². The summed E-state index contributed by atoms with van der Waals surface area (Å²) < 4.78 is 5.33. The van der Waals surface area contributed by atoms with Crippen molar-refractivity contribution in [1.82, 2.24) is 5.32 Å². The first-order chi connectivity index (χ1) is 12.3. The highest BCUT2D eigenvalue weighted by molar-refractivity contribution is 5.72. The van der Waals surface area contributed by atoms with Gasteiger partial charge in [0.05, 0.1) is 12.5 Å². The lowest BCUT2D eigenvalue weighted by atomic mass is 9.83. The van der Waals surface area contributed by atoms with Gasteiger partial charge in [-0.1, -0.05) is 60.7 Å². The van der Waals surface area contributed by atoms with Crippen LogP contribution in [0, 0.1) is 0 Å². The van der Waals surface area contributed by atoms with Crippen LogP contribution in [-0.4, -0.2) is 28.8 Å². The van der Waals surface area contributed by atoms with Gasteiger partial charge in [0, 0.05) is 5.92 Å². The maximum atomic E-state index is 12.3. The number of hydrogen-bond donors (Lipinski definition) is 2. The minimum atomic E-state index is -0.983. The molecule has 0 bridgehead atoms. The Morgan fingerprint density at radius 2 is 1.42 bits per heavy atom. The average molecular weight is 355 g/mol. The third kappa shape index (κ3) is 5.92. The molecule has 0 fully saturated rings. The van der Waals surface area contributed by atoms with Gasteiger partial charge in [0.2, 0.25) is 0 Å². The van der Waals surface area contributed by atoms with E-state index >= 15 is 0 Å². The van der Waals surface area contributed by atoms with Crippen molar-refractivity contribution >= 4 is 12.1 Å². The maximum Gasteiger partial charge on any atom is 0.407 e. The smallest absolute Gasteiger partial charge is 0.407 e. The Kier molecular flexibility index (Phi) is 6.39. The number of hydrogen-bond acceptors (Lipinski definition) is 3. The van der Waals surface area contributed by atoms with Crippen LogP contribution >= 0.6 is 0 Å². The van der Waals surface area contributed by atoms with Crippen molar-refractivity contribution in [2.45, 2.75) is 44.8 Å². The van der Waals surface area contributed by atoms with Gasteiger partial charge in [-0.05, 0) is 31.9 Å². The van der Waals surface area contributed by atoms with Crippen LogP contribution < -0.4 is 5.32 Å². The Morgan fingerprint density at radius 3 is 1.81 bits per heavy atom. The summed E-state index contributed by atoms with van der Waals surface area (Å²) in [7, 11) is 0. The number of ether oxygens (including phenoxy) is 1. The van der Waals surface area contributed by atoms with Crippen molar-refractivity contribution in [3.05, 3.63) is 71.8 Å². The van der Waals surface area contributed by atoms with E-state index in [1.54, 1.807) is 20.8 Å². The monoisotopic (exact) mass is 355 g/mol. The maximum absolute atomic E-state index is 12.3. The molecule has 5 heteroatoms. The van der Waals surface area contributed by atoms with Gasteiger partial charge in [-0.15, -0.1) is 0 Å². The van der Waals surface area contributed by atoms with Crippen LogP contribution in [0.15, 0.2) is 60.7 Å². The summed E-state index contributed by atoms with van der Waals surface area (Å²) in [5, 5.41) is 12.1. The minimum Gasteiger partial charge on any atom is -0.481 e. The topological polar surface area (TPSA) is 75.6 Å². The largest absolute Gasteiger partial charge is 0.481 e. The number of carbonyl (C=O) groups is 2. The van der Waals surface area contributed by atoms with Crippen molar-refractivity contribution in [3.63, 3.8) is 0 Å². The standard InChI is InChI=1S/C21H25NO4/c1-21(2,3)26-20(25)22-17(14-18(23)24)19(15-10-6-4-7-11-15)16-12-8-5-9-13-16/h4-13,17,19H,14H2,1-3H3,(H,22,25)(H,23,24)/t17-/m0/s1. The number of aliphatic carboxylic acids is 1. The van der Waals surface area contributed by atoms with Crippen LogP contribution in [-0.2, 0) is 9.53 Å². The molecule has 2 aromatic rings. The Bertz CT molecular complexity index is 683. The Morgan fingerprint density at radius 1 is 0.962 bits per heavy atom. The highest BCUT2D eigenvalue weighted by atomic mass is 16.6. The molecule has 0 heterocycles. The Hall–Kier alpha value is -2.82. The van der Waals surface area contributed by atoms with Crippen molar-refractivity contribution in [3.8, 4) is 0 Å². The molecule has 0 aromatic heterocycles. The lowest BCUT2D eigenvalue weighted by Crippen LogP contribution is -2.43. The molecule has 0 spiro atoms. The number of benzene rings is 2. The van der Waals surface area contributed by atoms with Gasteiger partial charge in [0.25, 0.3) is 0 Å². The molecule has 0 radical (unpaired) electrons. The van der Waals surface area contributed by atoms with Gasteiger partial charge in [-0.3, -0.25) is 4.79 Å². The predicted octanol–water partition coefficient (Wildman–Crippen LogP) is 4.19.